The van der Waals surface area contributed by atoms with Crippen LogP contribution in [0.5, 0.6) is 0 Å². The maximum Gasteiger partial charge on any atom is 0.0348 e. The van der Waals surface area contributed by atoms with Crippen molar-refractivity contribution in [1.29, 1.82) is 0 Å². The average Bonchev–Trinajstić information content (AvgIpc) is 2.49. The van der Waals surface area contributed by atoms with Gasteiger partial charge in [0.2, 0.25) is 0 Å². The standard InChI is InChI=1S/C12H17N/c1-10-8-9-12(13(10)2)11-6-4-3-5-7-11/h3-7,10,12H,8-9H2,1-2H3/t10-,12+/m1/s1. The van der Waals surface area contributed by atoms with E-state index in [4.69, 9.17) is 0 Å². The van der Waals surface area contributed by atoms with Crippen LogP contribution in [0.15, 0.2) is 30.3 Å². The van der Waals surface area contributed by atoms with E-state index >= 15 is 0 Å². The zero-order valence-corrected chi connectivity index (χ0v) is 8.40. The second-order valence-corrected chi connectivity index (χ2v) is 4.02. The molecule has 0 aliphatic carbocycles. The first-order valence-corrected chi connectivity index (χ1v) is 5.06. The van der Waals surface area contributed by atoms with Crippen LogP contribution in [0.1, 0.15) is 31.4 Å². The third kappa shape index (κ3) is 1.61. The van der Waals surface area contributed by atoms with Gasteiger partial charge < -0.3 is 0 Å². The third-order valence-electron chi connectivity index (χ3n) is 3.23. The van der Waals surface area contributed by atoms with E-state index in [1.165, 1.54) is 18.4 Å². The van der Waals surface area contributed by atoms with Gasteiger partial charge in [0.1, 0.15) is 0 Å². The number of nitrogens with zero attached hydrogens (tertiary/aromatic N) is 1. The highest BCUT2D eigenvalue weighted by molar-refractivity contribution is 5.20. The van der Waals surface area contributed by atoms with Crippen molar-refractivity contribution in [1.82, 2.24) is 4.90 Å². The van der Waals surface area contributed by atoms with E-state index in [0.717, 1.165) is 6.04 Å². The Balaban J connectivity index is 2.19. The molecular formula is C12H17N. The van der Waals surface area contributed by atoms with Gasteiger partial charge in [-0.3, -0.25) is 4.90 Å². The normalized spacial score (nSPS) is 29.4. The summed E-state index contributed by atoms with van der Waals surface area (Å²) in [6.45, 7) is 2.31. The van der Waals surface area contributed by atoms with Gasteiger partial charge in [-0.05, 0) is 32.4 Å². The lowest BCUT2D eigenvalue weighted by Crippen LogP contribution is -2.24. The number of benzene rings is 1. The van der Waals surface area contributed by atoms with Crippen LogP contribution in [0, 0.1) is 0 Å². The van der Waals surface area contributed by atoms with Gasteiger partial charge in [-0.1, -0.05) is 30.3 Å². The number of likely N-dealkylation sites (tertiary alicyclic amines) is 1. The fourth-order valence-electron chi connectivity index (χ4n) is 2.19. The molecule has 0 spiro atoms. The van der Waals surface area contributed by atoms with Gasteiger partial charge in [-0.25, -0.2) is 0 Å². The summed E-state index contributed by atoms with van der Waals surface area (Å²) < 4.78 is 0. The zero-order valence-electron chi connectivity index (χ0n) is 8.40. The van der Waals surface area contributed by atoms with Gasteiger partial charge in [-0.15, -0.1) is 0 Å². The minimum Gasteiger partial charge on any atom is -0.297 e. The number of hydrogen-bond donors (Lipinski definition) is 0. The molecule has 1 aromatic carbocycles. The van der Waals surface area contributed by atoms with Gasteiger partial charge >= 0.3 is 0 Å². The van der Waals surface area contributed by atoms with Gasteiger partial charge in [0.15, 0.2) is 0 Å². The van der Waals surface area contributed by atoms with E-state index in [1.54, 1.807) is 0 Å². The molecule has 1 aliphatic rings. The Bertz CT molecular complexity index is 268. The summed E-state index contributed by atoms with van der Waals surface area (Å²) in [6.07, 6.45) is 2.64. The minimum atomic E-state index is 0.649. The number of hydrogen-bond acceptors (Lipinski definition) is 1. The largest absolute Gasteiger partial charge is 0.297 e. The highest BCUT2D eigenvalue weighted by Gasteiger charge is 2.27. The van der Waals surface area contributed by atoms with E-state index in [9.17, 15) is 0 Å². The summed E-state index contributed by atoms with van der Waals surface area (Å²) in [7, 11) is 2.23. The van der Waals surface area contributed by atoms with Crippen LogP contribution in [0.2, 0.25) is 0 Å². The first-order valence-electron chi connectivity index (χ1n) is 5.06. The SMILES string of the molecule is C[C@@H]1CC[C@@H](c2ccccc2)N1C. The minimum absolute atomic E-state index is 0.649. The summed E-state index contributed by atoms with van der Waals surface area (Å²) in [6, 6.07) is 12.2. The molecule has 0 amide bonds. The average molecular weight is 175 g/mol. The van der Waals surface area contributed by atoms with Crippen molar-refractivity contribution < 1.29 is 0 Å². The quantitative estimate of drug-likeness (QED) is 0.634. The smallest absolute Gasteiger partial charge is 0.0348 e. The fraction of sp³-hybridized carbons (Fsp3) is 0.500. The lowest BCUT2D eigenvalue weighted by atomic mass is 10.1. The van der Waals surface area contributed by atoms with E-state index in [-0.39, 0.29) is 0 Å². The Morgan fingerprint density at radius 1 is 1.15 bits per heavy atom. The molecule has 0 saturated carbocycles. The van der Waals surface area contributed by atoms with Crippen molar-refractivity contribution in [2.45, 2.75) is 31.8 Å². The van der Waals surface area contributed by atoms with Crippen LogP contribution in [-0.2, 0) is 0 Å². The fourth-order valence-corrected chi connectivity index (χ4v) is 2.19. The lowest BCUT2D eigenvalue weighted by molar-refractivity contribution is 0.256. The molecule has 1 nitrogen and oxygen atoms in total. The summed E-state index contributed by atoms with van der Waals surface area (Å²) >= 11 is 0. The van der Waals surface area contributed by atoms with E-state index in [2.05, 4.69) is 49.2 Å². The van der Waals surface area contributed by atoms with Gasteiger partial charge in [0, 0.05) is 12.1 Å². The van der Waals surface area contributed by atoms with E-state index < -0.39 is 0 Å². The summed E-state index contributed by atoms with van der Waals surface area (Å²) in [5.41, 5.74) is 1.47. The van der Waals surface area contributed by atoms with Gasteiger partial charge in [0.05, 0.1) is 0 Å². The Morgan fingerprint density at radius 2 is 1.85 bits per heavy atom. The van der Waals surface area contributed by atoms with Gasteiger partial charge in [-0.2, -0.15) is 0 Å². The Kier molecular flexibility index (Phi) is 2.36. The highest BCUT2D eigenvalue weighted by Crippen LogP contribution is 2.33. The molecule has 1 saturated heterocycles. The van der Waals surface area contributed by atoms with E-state index in [0.29, 0.717) is 6.04 Å². The first kappa shape index (κ1) is 8.76. The molecule has 1 aromatic rings. The maximum atomic E-state index is 2.48. The van der Waals surface area contributed by atoms with Crippen molar-refractivity contribution in [2.24, 2.45) is 0 Å². The molecule has 0 radical (unpaired) electrons. The van der Waals surface area contributed by atoms with Crippen LogP contribution < -0.4 is 0 Å². The molecule has 2 atom stereocenters. The molecule has 0 aromatic heterocycles. The molecule has 2 rings (SSSR count). The Hall–Kier alpha value is -0.820. The van der Waals surface area contributed by atoms with Crippen molar-refractivity contribution in [2.75, 3.05) is 7.05 Å². The van der Waals surface area contributed by atoms with E-state index in [1.807, 2.05) is 0 Å². The van der Waals surface area contributed by atoms with Crippen LogP contribution in [0.4, 0.5) is 0 Å². The molecule has 0 N–H and O–H groups in total. The van der Waals surface area contributed by atoms with Gasteiger partial charge in [0.25, 0.3) is 0 Å². The van der Waals surface area contributed by atoms with Crippen molar-refractivity contribution in [3.8, 4) is 0 Å². The van der Waals surface area contributed by atoms with Crippen molar-refractivity contribution in [3.05, 3.63) is 35.9 Å². The summed E-state index contributed by atoms with van der Waals surface area (Å²) in [5.74, 6) is 0. The Labute approximate surface area is 80.4 Å². The highest BCUT2D eigenvalue weighted by atomic mass is 15.2. The summed E-state index contributed by atoms with van der Waals surface area (Å²) in [4.78, 5) is 2.48. The molecule has 1 heterocycles. The van der Waals surface area contributed by atoms with Crippen LogP contribution in [-0.4, -0.2) is 18.0 Å². The predicted octanol–water partition coefficient (Wildman–Crippen LogP) is 2.84. The molecule has 1 fully saturated rings. The van der Waals surface area contributed by atoms with Crippen LogP contribution in [0.3, 0.4) is 0 Å². The topological polar surface area (TPSA) is 3.24 Å². The monoisotopic (exact) mass is 175 g/mol. The predicted molar refractivity (Wildman–Crippen MR) is 55.6 cm³/mol. The maximum absolute atomic E-state index is 2.48. The lowest BCUT2D eigenvalue weighted by Gasteiger charge is -2.23. The summed E-state index contributed by atoms with van der Waals surface area (Å²) in [5, 5.41) is 0. The number of rotatable bonds is 1. The molecule has 0 unspecified atom stereocenters. The second-order valence-electron chi connectivity index (χ2n) is 4.02. The van der Waals surface area contributed by atoms with Crippen molar-refractivity contribution >= 4 is 0 Å². The first-order chi connectivity index (χ1) is 6.29. The molecule has 70 valence electrons. The molecule has 0 bridgehead atoms. The Morgan fingerprint density at radius 3 is 2.38 bits per heavy atom. The molecule has 1 heteroatoms. The molecule has 13 heavy (non-hydrogen) atoms. The zero-order chi connectivity index (χ0) is 9.26. The molecule has 1 aliphatic heterocycles. The van der Waals surface area contributed by atoms with Crippen molar-refractivity contribution in [3.63, 3.8) is 0 Å². The third-order valence-corrected chi connectivity index (χ3v) is 3.23. The van der Waals surface area contributed by atoms with Crippen LogP contribution >= 0.6 is 0 Å². The molecular weight excluding hydrogens is 158 g/mol. The second kappa shape index (κ2) is 3.51. The van der Waals surface area contributed by atoms with Crippen LogP contribution in [0.25, 0.3) is 0 Å².